The summed E-state index contributed by atoms with van der Waals surface area (Å²) in [4.78, 5) is 0. The molecule has 0 radical (unpaired) electrons. The van der Waals surface area contributed by atoms with E-state index in [0.29, 0.717) is 16.8 Å². The lowest BCUT2D eigenvalue weighted by Crippen LogP contribution is -1.90. The maximum Gasteiger partial charge on any atom is 0.125 e. The molecule has 0 amide bonds. The predicted molar refractivity (Wildman–Crippen MR) is 65.7 cm³/mol. The van der Waals surface area contributed by atoms with Gasteiger partial charge in [0.2, 0.25) is 0 Å². The Morgan fingerprint density at radius 3 is 2.59 bits per heavy atom. The average Bonchev–Trinajstić information content (AvgIpc) is 2.28. The minimum absolute atomic E-state index is 0.316. The van der Waals surface area contributed by atoms with Crippen molar-refractivity contribution in [3.8, 4) is 17.2 Å². The zero-order chi connectivity index (χ0) is 12.4. The van der Waals surface area contributed by atoms with Gasteiger partial charge in [-0.1, -0.05) is 6.07 Å². The van der Waals surface area contributed by atoms with Gasteiger partial charge in [0.05, 0.1) is 11.6 Å². The van der Waals surface area contributed by atoms with Gasteiger partial charge in [-0.25, -0.2) is 4.39 Å². The highest BCUT2D eigenvalue weighted by Crippen LogP contribution is 2.26. The second kappa shape index (κ2) is 4.26. The second-order valence-corrected chi connectivity index (χ2v) is 3.91. The van der Waals surface area contributed by atoms with Gasteiger partial charge in [0.15, 0.2) is 0 Å². The normalized spacial score (nSPS) is 9.94. The van der Waals surface area contributed by atoms with Gasteiger partial charge >= 0.3 is 0 Å². The summed E-state index contributed by atoms with van der Waals surface area (Å²) in [6.45, 7) is 1.91. The third kappa shape index (κ3) is 2.26. The van der Waals surface area contributed by atoms with Crippen molar-refractivity contribution < 1.29 is 4.39 Å². The monoisotopic (exact) mass is 226 g/mol. The minimum Gasteiger partial charge on any atom is -0.399 e. The van der Waals surface area contributed by atoms with Crippen molar-refractivity contribution in [3.05, 3.63) is 53.3 Å². The lowest BCUT2D eigenvalue weighted by atomic mass is 9.98. The fourth-order valence-corrected chi connectivity index (χ4v) is 1.82. The summed E-state index contributed by atoms with van der Waals surface area (Å²) in [7, 11) is 0. The number of nitrogen functional groups attached to an aromatic ring is 1. The van der Waals surface area contributed by atoms with E-state index in [1.807, 2.05) is 25.1 Å². The van der Waals surface area contributed by atoms with Crippen molar-refractivity contribution in [1.29, 1.82) is 5.26 Å². The van der Waals surface area contributed by atoms with Crippen LogP contribution in [0.4, 0.5) is 10.1 Å². The second-order valence-electron chi connectivity index (χ2n) is 3.91. The molecule has 0 aromatic heterocycles. The minimum atomic E-state index is -0.407. The van der Waals surface area contributed by atoms with E-state index in [4.69, 9.17) is 11.0 Å². The lowest BCUT2D eigenvalue weighted by molar-refractivity contribution is 0.628. The Morgan fingerprint density at radius 2 is 1.94 bits per heavy atom. The highest BCUT2D eigenvalue weighted by Gasteiger charge is 2.05. The lowest BCUT2D eigenvalue weighted by Gasteiger charge is -2.07. The maximum absolute atomic E-state index is 13.3. The molecule has 0 heterocycles. The molecule has 0 atom stereocenters. The molecular formula is C14H11FN2. The number of nitriles is 1. The Balaban J connectivity index is 2.61. The van der Waals surface area contributed by atoms with Crippen molar-refractivity contribution in [3.63, 3.8) is 0 Å². The standard InChI is InChI=1S/C14H11FN2/c1-9-4-13(17)2-3-14(9)11-5-10(8-16)6-12(15)7-11/h2-7H,17H2,1H3. The zero-order valence-corrected chi connectivity index (χ0v) is 9.37. The van der Waals surface area contributed by atoms with Gasteiger partial charge in [0.1, 0.15) is 5.82 Å². The van der Waals surface area contributed by atoms with Crippen molar-refractivity contribution in [2.75, 3.05) is 5.73 Å². The Bertz CT molecular complexity index is 612. The van der Waals surface area contributed by atoms with Crippen LogP contribution in [-0.4, -0.2) is 0 Å². The number of benzene rings is 2. The third-order valence-electron chi connectivity index (χ3n) is 2.59. The number of anilines is 1. The molecule has 0 aliphatic heterocycles. The average molecular weight is 226 g/mol. The molecule has 84 valence electrons. The van der Waals surface area contributed by atoms with Crippen LogP contribution >= 0.6 is 0 Å². The topological polar surface area (TPSA) is 49.8 Å². The van der Waals surface area contributed by atoms with Crippen LogP contribution in [0.1, 0.15) is 11.1 Å². The Kier molecular flexibility index (Phi) is 2.80. The van der Waals surface area contributed by atoms with E-state index in [1.165, 1.54) is 12.1 Å². The first kappa shape index (κ1) is 11.2. The van der Waals surface area contributed by atoms with Crippen molar-refractivity contribution in [2.45, 2.75) is 6.92 Å². The van der Waals surface area contributed by atoms with Crippen LogP contribution in [-0.2, 0) is 0 Å². The molecule has 2 nitrogen and oxygen atoms in total. The van der Waals surface area contributed by atoms with Gasteiger partial charge in [-0.15, -0.1) is 0 Å². The largest absolute Gasteiger partial charge is 0.399 e. The van der Waals surface area contributed by atoms with Crippen LogP contribution in [0.3, 0.4) is 0 Å². The van der Waals surface area contributed by atoms with E-state index in [-0.39, 0.29) is 0 Å². The molecule has 17 heavy (non-hydrogen) atoms. The third-order valence-corrected chi connectivity index (χ3v) is 2.59. The van der Waals surface area contributed by atoms with E-state index in [9.17, 15) is 4.39 Å². The first-order valence-corrected chi connectivity index (χ1v) is 5.17. The zero-order valence-electron chi connectivity index (χ0n) is 9.37. The van der Waals surface area contributed by atoms with Gasteiger partial charge in [-0.3, -0.25) is 0 Å². The van der Waals surface area contributed by atoms with Gasteiger partial charge in [-0.05, 0) is 53.9 Å². The quantitative estimate of drug-likeness (QED) is 0.759. The fraction of sp³-hybridized carbons (Fsp3) is 0.0714. The van der Waals surface area contributed by atoms with E-state index in [0.717, 1.165) is 11.1 Å². The number of rotatable bonds is 1. The molecular weight excluding hydrogens is 215 g/mol. The molecule has 0 saturated carbocycles. The fourth-order valence-electron chi connectivity index (χ4n) is 1.82. The predicted octanol–water partition coefficient (Wildman–Crippen LogP) is 3.26. The Hall–Kier alpha value is -2.34. The van der Waals surface area contributed by atoms with Gasteiger partial charge in [-0.2, -0.15) is 5.26 Å². The van der Waals surface area contributed by atoms with Gasteiger partial charge in [0, 0.05) is 5.69 Å². The molecule has 2 aromatic carbocycles. The molecule has 2 aromatic rings. The van der Waals surface area contributed by atoms with Crippen molar-refractivity contribution in [1.82, 2.24) is 0 Å². The first-order valence-electron chi connectivity index (χ1n) is 5.17. The number of aryl methyl sites for hydroxylation is 1. The molecule has 0 saturated heterocycles. The van der Waals surface area contributed by atoms with Crippen LogP contribution in [0.15, 0.2) is 36.4 Å². The molecule has 0 spiro atoms. The number of hydrogen-bond donors (Lipinski definition) is 1. The highest BCUT2D eigenvalue weighted by molar-refractivity contribution is 5.70. The summed E-state index contributed by atoms with van der Waals surface area (Å²) in [6.07, 6.45) is 0. The summed E-state index contributed by atoms with van der Waals surface area (Å²) in [6, 6.07) is 11.7. The van der Waals surface area contributed by atoms with E-state index >= 15 is 0 Å². The molecule has 0 bridgehead atoms. The molecule has 0 unspecified atom stereocenters. The SMILES string of the molecule is Cc1cc(N)ccc1-c1cc(F)cc(C#N)c1. The van der Waals surface area contributed by atoms with E-state index in [1.54, 1.807) is 12.1 Å². The molecule has 3 heteroatoms. The molecule has 2 rings (SSSR count). The van der Waals surface area contributed by atoms with Crippen LogP contribution < -0.4 is 5.73 Å². The smallest absolute Gasteiger partial charge is 0.125 e. The molecule has 0 aliphatic rings. The van der Waals surface area contributed by atoms with E-state index < -0.39 is 5.82 Å². The first-order chi connectivity index (χ1) is 8.10. The van der Waals surface area contributed by atoms with Crippen molar-refractivity contribution in [2.24, 2.45) is 0 Å². The summed E-state index contributed by atoms with van der Waals surface area (Å²) in [5, 5.41) is 8.81. The van der Waals surface area contributed by atoms with Crippen LogP contribution in [0, 0.1) is 24.1 Å². The van der Waals surface area contributed by atoms with Crippen LogP contribution in [0.5, 0.6) is 0 Å². The number of hydrogen-bond acceptors (Lipinski definition) is 2. The number of halogens is 1. The maximum atomic E-state index is 13.3. The highest BCUT2D eigenvalue weighted by atomic mass is 19.1. The molecule has 0 aliphatic carbocycles. The Morgan fingerprint density at radius 1 is 1.18 bits per heavy atom. The Labute approximate surface area is 99.1 Å². The molecule has 0 fully saturated rings. The van der Waals surface area contributed by atoms with E-state index in [2.05, 4.69) is 0 Å². The summed E-state index contributed by atoms with van der Waals surface area (Å²) in [5.74, 6) is -0.407. The number of nitrogens with two attached hydrogens (primary N) is 1. The van der Waals surface area contributed by atoms with Crippen molar-refractivity contribution >= 4 is 5.69 Å². The van der Waals surface area contributed by atoms with Gasteiger partial charge < -0.3 is 5.73 Å². The number of nitrogens with zero attached hydrogens (tertiary/aromatic N) is 1. The summed E-state index contributed by atoms with van der Waals surface area (Å²) in [5.41, 5.74) is 9.19. The van der Waals surface area contributed by atoms with Crippen LogP contribution in [0.2, 0.25) is 0 Å². The summed E-state index contributed by atoms with van der Waals surface area (Å²) >= 11 is 0. The van der Waals surface area contributed by atoms with Gasteiger partial charge in [0.25, 0.3) is 0 Å². The molecule has 2 N–H and O–H groups in total. The summed E-state index contributed by atoms with van der Waals surface area (Å²) < 4.78 is 13.3. The van der Waals surface area contributed by atoms with Crippen LogP contribution in [0.25, 0.3) is 11.1 Å².